The molecule has 0 amide bonds. The van der Waals surface area contributed by atoms with Crippen molar-refractivity contribution < 1.29 is 9.13 Å². The fourth-order valence-electron chi connectivity index (χ4n) is 3.70. The molecule has 7 heteroatoms. The van der Waals surface area contributed by atoms with Gasteiger partial charge in [0.1, 0.15) is 28.0 Å². The Kier molecular flexibility index (Phi) is 5.70. The number of halogens is 2. The number of rotatable bonds is 5. The Morgan fingerprint density at radius 3 is 2.45 bits per heavy atom. The van der Waals surface area contributed by atoms with Crippen LogP contribution in [0.3, 0.4) is 0 Å². The highest BCUT2D eigenvalue weighted by molar-refractivity contribution is 7.19. The van der Waals surface area contributed by atoms with E-state index >= 15 is 0 Å². The van der Waals surface area contributed by atoms with Gasteiger partial charge in [-0.1, -0.05) is 41.9 Å². The molecule has 0 aliphatic carbocycles. The Bertz CT molecular complexity index is 1450. The first-order valence-electron chi connectivity index (χ1n) is 10.3. The SMILES string of the molecule is Cc1nc(Nc2cc(Cl)ccc2Oc2ccccc2)c2c(-c3ccc(F)cc3)c(C)sc2n1. The summed E-state index contributed by atoms with van der Waals surface area (Å²) in [5.74, 6) is 2.34. The smallest absolute Gasteiger partial charge is 0.151 e. The molecular formula is C26H19ClFN3OS. The average Bonchev–Trinajstić information content (AvgIpc) is 3.12. The molecule has 2 heterocycles. The summed E-state index contributed by atoms with van der Waals surface area (Å²) >= 11 is 7.90. The van der Waals surface area contributed by atoms with Crippen molar-refractivity contribution >= 4 is 44.7 Å². The van der Waals surface area contributed by atoms with Crippen molar-refractivity contribution in [3.05, 3.63) is 94.3 Å². The molecule has 3 aromatic carbocycles. The van der Waals surface area contributed by atoms with E-state index in [1.165, 1.54) is 12.1 Å². The van der Waals surface area contributed by atoms with Crippen LogP contribution in [0.2, 0.25) is 5.02 Å². The lowest BCUT2D eigenvalue weighted by atomic mass is 10.0. The Morgan fingerprint density at radius 1 is 0.939 bits per heavy atom. The lowest BCUT2D eigenvalue weighted by molar-refractivity contribution is 0.485. The zero-order valence-corrected chi connectivity index (χ0v) is 19.5. The number of para-hydroxylation sites is 1. The number of fused-ring (bicyclic) bond motifs is 1. The van der Waals surface area contributed by atoms with Crippen molar-refractivity contribution in [2.75, 3.05) is 5.32 Å². The lowest BCUT2D eigenvalue weighted by Crippen LogP contribution is -2.00. The number of nitrogens with one attached hydrogen (secondary N) is 1. The van der Waals surface area contributed by atoms with Crippen molar-refractivity contribution in [3.63, 3.8) is 0 Å². The zero-order valence-electron chi connectivity index (χ0n) is 17.9. The van der Waals surface area contributed by atoms with Crippen molar-refractivity contribution in [1.82, 2.24) is 9.97 Å². The first-order valence-corrected chi connectivity index (χ1v) is 11.5. The first kappa shape index (κ1) is 21.4. The van der Waals surface area contributed by atoms with Crippen LogP contribution in [0, 0.1) is 19.7 Å². The third kappa shape index (κ3) is 4.40. The number of hydrogen-bond acceptors (Lipinski definition) is 5. The minimum absolute atomic E-state index is 0.275. The van der Waals surface area contributed by atoms with Gasteiger partial charge in [0, 0.05) is 15.5 Å². The maximum absolute atomic E-state index is 13.6. The van der Waals surface area contributed by atoms with E-state index in [-0.39, 0.29) is 5.82 Å². The Morgan fingerprint density at radius 2 is 1.70 bits per heavy atom. The summed E-state index contributed by atoms with van der Waals surface area (Å²) < 4.78 is 19.7. The molecule has 0 spiro atoms. The lowest BCUT2D eigenvalue weighted by Gasteiger charge is -2.15. The molecule has 2 aromatic heterocycles. The summed E-state index contributed by atoms with van der Waals surface area (Å²) in [6, 6.07) is 21.4. The zero-order chi connectivity index (χ0) is 22.9. The van der Waals surface area contributed by atoms with Crippen molar-refractivity contribution in [2.45, 2.75) is 13.8 Å². The number of hydrogen-bond donors (Lipinski definition) is 1. The summed E-state index contributed by atoms with van der Waals surface area (Å²) in [4.78, 5) is 11.3. The summed E-state index contributed by atoms with van der Waals surface area (Å²) in [6.45, 7) is 3.89. The van der Waals surface area contributed by atoms with Crippen molar-refractivity contribution in [3.8, 4) is 22.6 Å². The minimum Gasteiger partial charge on any atom is -0.455 e. The second-order valence-corrected chi connectivity index (χ2v) is 9.16. The molecule has 0 bridgehead atoms. The minimum atomic E-state index is -0.275. The second kappa shape index (κ2) is 8.81. The average molecular weight is 476 g/mol. The largest absolute Gasteiger partial charge is 0.455 e. The van der Waals surface area contributed by atoms with Crippen LogP contribution in [-0.2, 0) is 0 Å². The maximum atomic E-state index is 13.6. The fraction of sp³-hybridized carbons (Fsp3) is 0.0769. The summed E-state index contributed by atoms with van der Waals surface area (Å²) in [5, 5.41) is 4.87. The van der Waals surface area contributed by atoms with Crippen molar-refractivity contribution in [2.24, 2.45) is 0 Å². The third-order valence-corrected chi connectivity index (χ3v) is 6.37. The summed E-state index contributed by atoms with van der Waals surface area (Å²) in [7, 11) is 0. The van der Waals surface area contributed by atoms with E-state index in [1.807, 2.05) is 50.2 Å². The first-order chi connectivity index (χ1) is 16.0. The molecule has 0 radical (unpaired) electrons. The van der Waals surface area contributed by atoms with E-state index in [4.69, 9.17) is 21.3 Å². The van der Waals surface area contributed by atoms with Gasteiger partial charge in [-0.25, -0.2) is 14.4 Å². The molecule has 0 saturated carbocycles. The highest BCUT2D eigenvalue weighted by Gasteiger charge is 2.19. The quantitative estimate of drug-likeness (QED) is 0.277. The Labute approximate surface area is 199 Å². The Hall–Kier alpha value is -3.48. The topological polar surface area (TPSA) is 47.0 Å². The van der Waals surface area contributed by atoms with E-state index in [0.717, 1.165) is 26.2 Å². The van der Waals surface area contributed by atoms with Crippen LogP contribution in [0.25, 0.3) is 21.3 Å². The predicted octanol–water partition coefficient (Wildman–Crippen LogP) is 8.30. The van der Waals surface area contributed by atoms with Gasteiger partial charge >= 0.3 is 0 Å². The fourth-order valence-corrected chi connectivity index (χ4v) is 4.97. The number of nitrogens with zero attached hydrogens (tertiary/aromatic N) is 2. The number of anilines is 2. The van der Waals surface area contributed by atoms with Crippen LogP contribution in [-0.4, -0.2) is 9.97 Å². The van der Waals surface area contributed by atoms with Gasteiger partial charge in [0.2, 0.25) is 0 Å². The normalized spacial score (nSPS) is 11.0. The molecule has 4 nitrogen and oxygen atoms in total. The third-order valence-electron chi connectivity index (χ3n) is 5.14. The van der Waals surface area contributed by atoms with Gasteiger partial charge in [0.05, 0.1) is 11.1 Å². The van der Waals surface area contributed by atoms with Gasteiger partial charge in [-0.2, -0.15) is 0 Å². The van der Waals surface area contributed by atoms with E-state index in [2.05, 4.69) is 10.3 Å². The van der Waals surface area contributed by atoms with E-state index < -0.39 is 0 Å². The molecule has 5 aromatic rings. The van der Waals surface area contributed by atoms with E-state index in [0.29, 0.717) is 33.9 Å². The molecule has 0 aliphatic rings. The van der Waals surface area contributed by atoms with Crippen LogP contribution >= 0.6 is 22.9 Å². The van der Waals surface area contributed by atoms with Crippen LogP contribution in [0.4, 0.5) is 15.9 Å². The Balaban J connectivity index is 1.64. The molecule has 0 fully saturated rings. The number of benzene rings is 3. The van der Waals surface area contributed by atoms with Crippen LogP contribution in [0.5, 0.6) is 11.5 Å². The van der Waals surface area contributed by atoms with E-state index in [9.17, 15) is 4.39 Å². The molecular weight excluding hydrogens is 457 g/mol. The number of aryl methyl sites for hydroxylation is 2. The molecule has 0 saturated heterocycles. The highest BCUT2D eigenvalue weighted by Crippen LogP contribution is 2.43. The highest BCUT2D eigenvalue weighted by atomic mass is 35.5. The van der Waals surface area contributed by atoms with Crippen LogP contribution in [0.15, 0.2) is 72.8 Å². The van der Waals surface area contributed by atoms with Gasteiger partial charge < -0.3 is 10.1 Å². The molecule has 0 aliphatic heterocycles. The van der Waals surface area contributed by atoms with E-state index in [1.54, 1.807) is 35.6 Å². The number of aromatic nitrogens is 2. The number of thiophene rings is 1. The summed E-state index contributed by atoms with van der Waals surface area (Å²) in [6.07, 6.45) is 0. The molecule has 0 atom stereocenters. The second-order valence-electron chi connectivity index (χ2n) is 7.52. The molecule has 1 N–H and O–H groups in total. The van der Waals surface area contributed by atoms with Gasteiger partial charge in [-0.3, -0.25) is 0 Å². The van der Waals surface area contributed by atoms with Gasteiger partial charge in [0.15, 0.2) is 5.75 Å². The molecule has 0 unspecified atom stereocenters. The van der Waals surface area contributed by atoms with Gasteiger partial charge in [0.25, 0.3) is 0 Å². The van der Waals surface area contributed by atoms with Crippen LogP contribution < -0.4 is 10.1 Å². The maximum Gasteiger partial charge on any atom is 0.151 e. The molecule has 5 rings (SSSR count). The predicted molar refractivity (Wildman–Crippen MR) is 134 cm³/mol. The van der Waals surface area contributed by atoms with Gasteiger partial charge in [-0.05, 0) is 61.9 Å². The molecule has 33 heavy (non-hydrogen) atoms. The van der Waals surface area contributed by atoms with Crippen LogP contribution in [0.1, 0.15) is 10.7 Å². The monoisotopic (exact) mass is 475 g/mol. The van der Waals surface area contributed by atoms with Gasteiger partial charge in [-0.15, -0.1) is 11.3 Å². The van der Waals surface area contributed by atoms with Crippen molar-refractivity contribution in [1.29, 1.82) is 0 Å². The number of ether oxygens (including phenoxy) is 1. The summed E-state index contributed by atoms with van der Waals surface area (Å²) in [5.41, 5.74) is 2.56. The standard InChI is InChI=1S/C26H19ClFN3OS/c1-15-23(17-8-11-19(28)12-9-17)24-25(29-16(2)30-26(24)33-15)31-21-14-18(27)10-13-22(21)32-20-6-4-3-5-7-20/h3-14H,1-2H3,(H,29,30,31). The molecule has 164 valence electrons.